The Labute approximate surface area is 99.8 Å². The summed E-state index contributed by atoms with van der Waals surface area (Å²) in [6.07, 6.45) is 0.0322. The Morgan fingerprint density at radius 3 is 2.88 bits per heavy atom. The Balaban J connectivity index is 1.82. The molecule has 0 bridgehead atoms. The first kappa shape index (κ1) is 11.9. The molecule has 1 heterocycles. The Morgan fingerprint density at radius 1 is 1.47 bits per heavy atom. The van der Waals surface area contributed by atoms with Gasteiger partial charge in [-0.15, -0.1) is 0 Å². The van der Waals surface area contributed by atoms with Crippen LogP contribution >= 0.6 is 0 Å². The molecule has 1 aliphatic rings. The van der Waals surface area contributed by atoms with E-state index in [0.717, 1.165) is 13.1 Å². The largest absolute Gasteiger partial charge is 0.508 e. The normalized spacial score (nSPS) is 19.9. The molecule has 1 atom stereocenters. The van der Waals surface area contributed by atoms with E-state index in [-0.39, 0.29) is 17.8 Å². The van der Waals surface area contributed by atoms with Crippen LogP contribution in [0.15, 0.2) is 24.3 Å². The van der Waals surface area contributed by atoms with Crippen molar-refractivity contribution in [3.63, 3.8) is 0 Å². The third-order valence-electron chi connectivity index (χ3n) is 2.62. The Morgan fingerprint density at radius 2 is 2.24 bits per heavy atom. The van der Waals surface area contributed by atoms with Crippen LogP contribution in [0, 0.1) is 0 Å². The van der Waals surface area contributed by atoms with Gasteiger partial charge in [0.15, 0.2) is 0 Å². The molecule has 5 heteroatoms. The van der Waals surface area contributed by atoms with Gasteiger partial charge in [0.1, 0.15) is 5.75 Å². The van der Waals surface area contributed by atoms with E-state index < -0.39 is 0 Å². The molecule has 5 nitrogen and oxygen atoms in total. The topological polar surface area (TPSA) is 70.6 Å². The van der Waals surface area contributed by atoms with Gasteiger partial charge in [0.25, 0.3) is 5.91 Å². The van der Waals surface area contributed by atoms with Gasteiger partial charge in [0.2, 0.25) is 0 Å². The van der Waals surface area contributed by atoms with E-state index in [1.165, 1.54) is 12.1 Å². The number of benzene rings is 1. The van der Waals surface area contributed by atoms with Gasteiger partial charge in [-0.25, -0.2) is 0 Å². The van der Waals surface area contributed by atoms with Gasteiger partial charge in [0.05, 0.1) is 12.7 Å². The van der Waals surface area contributed by atoms with Crippen molar-refractivity contribution in [1.29, 1.82) is 0 Å². The minimum Gasteiger partial charge on any atom is -0.508 e. The summed E-state index contributed by atoms with van der Waals surface area (Å²) in [6, 6.07) is 6.16. The molecule has 0 saturated carbocycles. The number of phenols is 1. The molecule has 3 N–H and O–H groups in total. The zero-order chi connectivity index (χ0) is 12.1. The van der Waals surface area contributed by atoms with Crippen LogP contribution in [0.25, 0.3) is 0 Å². The molecular weight excluding hydrogens is 220 g/mol. The second kappa shape index (κ2) is 5.65. The van der Waals surface area contributed by atoms with E-state index >= 15 is 0 Å². The number of carbonyl (C=O) groups excluding carboxylic acids is 1. The summed E-state index contributed by atoms with van der Waals surface area (Å²) in [5.74, 6) is 0.000498. The highest BCUT2D eigenvalue weighted by Crippen LogP contribution is 2.09. The van der Waals surface area contributed by atoms with Gasteiger partial charge in [-0.3, -0.25) is 4.79 Å². The molecule has 1 aliphatic heterocycles. The minimum atomic E-state index is -0.154. The molecule has 1 aromatic rings. The highest BCUT2D eigenvalue weighted by Gasteiger charge is 2.14. The third-order valence-corrected chi connectivity index (χ3v) is 2.62. The van der Waals surface area contributed by atoms with Crippen LogP contribution in [0.2, 0.25) is 0 Å². The van der Waals surface area contributed by atoms with Crippen LogP contribution in [-0.2, 0) is 4.74 Å². The van der Waals surface area contributed by atoms with Crippen molar-refractivity contribution in [1.82, 2.24) is 10.6 Å². The van der Waals surface area contributed by atoms with Crippen LogP contribution in [-0.4, -0.2) is 43.4 Å². The molecule has 2 rings (SSSR count). The van der Waals surface area contributed by atoms with Crippen molar-refractivity contribution in [2.24, 2.45) is 0 Å². The van der Waals surface area contributed by atoms with Crippen LogP contribution in [0.3, 0.4) is 0 Å². The first-order valence-electron chi connectivity index (χ1n) is 5.65. The smallest absolute Gasteiger partial charge is 0.251 e. The third kappa shape index (κ3) is 3.44. The second-order valence-corrected chi connectivity index (χ2v) is 3.95. The SMILES string of the molecule is O=C(NC[C@H]1CNCCO1)c1ccc(O)cc1. The maximum Gasteiger partial charge on any atom is 0.251 e. The van der Waals surface area contributed by atoms with E-state index in [9.17, 15) is 4.79 Å². The maximum absolute atomic E-state index is 11.7. The predicted molar refractivity (Wildman–Crippen MR) is 63.0 cm³/mol. The lowest BCUT2D eigenvalue weighted by Gasteiger charge is -2.23. The zero-order valence-corrected chi connectivity index (χ0v) is 9.48. The van der Waals surface area contributed by atoms with Crippen LogP contribution in [0.1, 0.15) is 10.4 Å². The highest BCUT2D eigenvalue weighted by molar-refractivity contribution is 5.94. The van der Waals surface area contributed by atoms with E-state index in [1.54, 1.807) is 12.1 Å². The number of aromatic hydroxyl groups is 1. The fourth-order valence-corrected chi connectivity index (χ4v) is 1.67. The van der Waals surface area contributed by atoms with E-state index in [0.29, 0.717) is 18.7 Å². The average Bonchev–Trinajstić information content (AvgIpc) is 2.38. The van der Waals surface area contributed by atoms with Crippen LogP contribution in [0.4, 0.5) is 0 Å². The number of morpholine rings is 1. The number of hydrogen-bond donors (Lipinski definition) is 3. The van der Waals surface area contributed by atoms with Gasteiger partial charge in [0, 0.05) is 25.2 Å². The lowest BCUT2D eigenvalue weighted by atomic mass is 10.2. The lowest BCUT2D eigenvalue weighted by molar-refractivity contribution is 0.0287. The molecular formula is C12H16N2O3. The van der Waals surface area contributed by atoms with Crippen LogP contribution < -0.4 is 10.6 Å². The number of phenolic OH excluding ortho intramolecular Hbond substituents is 1. The van der Waals surface area contributed by atoms with Gasteiger partial charge in [-0.2, -0.15) is 0 Å². The minimum absolute atomic E-state index is 0.0322. The number of rotatable bonds is 3. The molecule has 0 aromatic heterocycles. The second-order valence-electron chi connectivity index (χ2n) is 3.95. The molecule has 17 heavy (non-hydrogen) atoms. The molecule has 1 amide bonds. The van der Waals surface area contributed by atoms with Gasteiger partial charge >= 0.3 is 0 Å². The predicted octanol–water partition coefficient (Wildman–Crippen LogP) is 0.110. The van der Waals surface area contributed by atoms with Crippen molar-refractivity contribution >= 4 is 5.91 Å². The fraction of sp³-hybridized carbons (Fsp3) is 0.417. The summed E-state index contributed by atoms with van der Waals surface area (Å²) in [5, 5.41) is 15.1. The summed E-state index contributed by atoms with van der Waals surface area (Å²) in [5.41, 5.74) is 0.534. The number of nitrogens with one attached hydrogen (secondary N) is 2. The van der Waals surface area contributed by atoms with Crippen LogP contribution in [0.5, 0.6) is 5.75 Å². The molecule has 0 aliphatic carbocycles. The summed E-state index contributed by atoms with van der Waals surface area (Å²) in [4.78, 5) is 11.7. The summed E-state index contributed by atoms with van der Waals surface area (Å²) < 4.78 is 5.47. The van der Waals surface area contributed by atoms with E-state index in [4.69, 9.17) is 9.84 Å². The molecule has 1 aromatic carbocycles. The van der Waals surface area contributed by atoms with Gasteiger partial charge in [-0.1, -0.05) is 0 Å². The molecule has 1 saturated heterocycles. The molecule has 92 valence electrons. The van der Waals surface area contributed by atoms with Crippen molar-refractivity contribution < 1.29 is 14.6 Å². The Hall–Kier alpha value is -1.59. The maximum atomic E-state index is 11.7. The number of carbonyl (C=O) groups is 1. The quantitative estimate of drug-likeness (QED) is 0.696. The summed E-state index contributed by atoms with van der Waals surface area (Å²) in [6.45, 7) is 2.80. The molecule has 1 fully saturated rings. The first-order valence-corrected chi connectivity index (χ1v) is 5.65. The first-order chi connectivity index (χ1) is 8.25. The van der Waals surface area contributed by atoms with Crippen molar-refractivity contribution in [2.75, 3.05) is 26.2 Å². The zero-order valence-electron chi connectivity index (χ0n) is 9.48. The Kier molecular flexibility index (Phi) is 3.95. The molecule has 0 unspecified atom stereocenters. The lowest BCUT2D eigenvalue weighted by Crippen LogP contribution is -2.45. The standard InChI is InChI=1S/C12H16N2O3/c15-10-3-1-9(2-4-10)12(16)14-8-11-7-13-5-6-17-11/h1-4,11,13,15H,5-8H2,(H,14,16)/t11-/m1/s1. The number of amides is 1. The molecule has 0 spiro atoms. The van der Waals surface area contributed by atoms with Gasteiger partial charge < -0.3 is 20.5 Å². The van der Waals surface area contributed by atoms with Crippen molar-refractivity contribution in [2.45, 2.75) is 6.10 Å². The summed E-state index contributed by atoms with van der Waals surface area (Å²) >= 11 is 0. The fourth-order valence-electron chi connectivity index (χ4n) is 1.67. The van der Waals surface area contributed by atoms with E-state index in [2.05, 4.69) is 10.6 Å². The summed E-state index contributed by atoms with van der Waals surface area (Å²) in [7, 11) is 0. The number of ether oxygens (including phenoxy) is 1. The van der Waals surface area contributed by atoms with Crippen molar-refractivity contribution in [3.05, 3.63) is 29.8 Å². The highest BCUT2D eigenvalue weighted by atomic mass is 16.5. The van der Waals surface area contributed by atoms with Gasteiger partial charge in [-0.05, 0) is 24.3 Å². The van der Waals surface area contributed by atoms with Crippen molar-refractivity contribution in [3.8, 4) is 5.75 Å². The molecule has 0 radical (unpaired) electrons. The monoisotopic (exact) mass is 236 g/mol. The number of hydrogen-bond acceptors (Lipinski definition) is 4. The Bertz CT molecular complexity index is 372. The van der Waals surface area contributed by atoms with E-state index in [1.807, 2.05) is 0 Å². The average molecular weight is 236 g/mol.